The van der Waals surface area contributed by atoms with Crippen molar-refractivity contribution in [1.29, 1.82) is 0 Å². The Bertz CT molecular complexity index is 734. The van der Waals surface area contributed by atoms with Crippen LogP contribution < -0.4 is 5.48 Å². The number of fused-ring (bicyclic) bond motifs is 1. The molecule has 1 aromatic carbocycles. The van der Waals surface area contributed by atoms with Crippen molar-refractivity contribution in [3.63, 3.8) is 0 Å². The molecule has 6 nitrogen and oxygen atoms in total. The minimum Gasteiger partial charge on any atom is -0.327 e. The third kappa shape index (κ3) is 5.41. The van der Waals surface area contributed by atoms with E-state index in [4.69, 9.17) is 10.2 Å². The smallest absolute Gasteiger partial charge is 0.267 e. The number of imidazole rings is 1. The molecule has 1 aromatic heterocycles. The summed E-state index contributed by atoms with van der Waals surface area (Å²) in [6.45, 7) is 4.08. The van der Waals surface area contributed by atoms with Crippen LogP contribution in [0, 0.1) is 0 Å². The predicted octanol–water partition coefficient (Wildman–Crippen LogP) is 2.85. The minimum absolute atomic E-state index is 0.545. The van der Waals surface area contributed by atoms with E-state index >= 15 is 0 Å². The van der Waals surface area contributed by atoms with Gasteiger partial charge in [0.25, 0.3) is 5.91 Å². The Morgan fingerprint density at radius 1 is 1.36 bits per heavy atom. The first-order valence-electron chi connectivity index (χ1n) is 8.81. The van der Waals surface area contributed by atoms with Gasteiger partial charge in [-0.25, -0.2) is 10.5 Å². The Morgan fingerprint density at radius 3 is 2.84 bits per heavy atom. The molecule has 0 radical (unpaired) electrons. The van der Waals surface area contributed by atoms with Crippen molar-refractivity contribution in [3.8, 4) is 0 Å². The van der Waals surface area contributed by atoms with Crippen molar-refractivity contribution in [3.05, 3.63) is 35.7 Å². The molecule has 0 spiro atoms. The SMILES string of the molecule is CCCCCc1nc2cc(/C=C/C(=O)NO)ccc2n1CCN(C)C. The predicted molar refractivity (Wildman–Crippen MR) is 100 cm³/mol. The summed E-state index contributed by atoms with van der Waals surface area (Å²) in [4.78, 5) is 18.1. The number of carbonyl (C=O) groups is 1. The van der Waals surface area contributed by atoms with E-state index in [1.54, 1.807) is 11.6 Å². The number of hydrogen-bond donors (Lipinski definition) is 2. The maximum absolute atomic E-state index is 11.1. The highest BCUT2D eigenvalue weighted by Crippen LogP contribution is 2.20. The van der Waals surface area contributed by atoms with Crippen LogP contribution >= 0.6 is 0 Å². The van der Waals surface area contributed by atoms with Crippen molar-refractivity contribution < 1.29 is 10.0 Å². The first kappa shape index (κ1) is 19.1. The van der Waals surface area contributed by atoms with E-state index in [1.165, 1.54) is 18.9 Å². The summed E-state index contributed by atoms with van der Waals surface area (Å²) in [7, 11) is 4.15. The Balaban J connectivity index is 2.31. The molecule has 2 aromatic rings. The van der Waals surface area contributed by atoms with Crippen molar-refractivity contribution >= 4 is 23.0 Å². The summed E-state index contributed by atoms with van der Waals surface area (Å²) >= 11 is 0. The lowest BCUT2D eigenvalue weighted by Crippen LogP contribution is -2.19. The van der Waals surface area contributed by atoms with Crippen LogP contribution in [-0.2, 0) is 17.8 Å². The molecule has 0 atom stereocenters. The molecule has 1 amide bonds. The van der Waals surface area contributed by atoms with Gasteiger partial charge in [-0.05, 0) is 44.3 Å². The van der Waals surface area contributed by atoms with Gasteiger partial charge in [-0.3, -0.25) is 10.0 Å². The molecule has 0 aliphatic rings. The minimum atomic E-state index is -0.545. The normalized spacial score (nSPS) is 11.7. The maximum Gasteiger partial charge on any atom is 0.267 e. The first-order valence-corrected chi connectivity index (χ1v) is 8.81. The standard InChI is InChI=1S/C19H28N4O2/c1-4-5-6-7-18-20-16-14-15(9-11-19(24)21-25)8-10-17(16)23(18)13-12-22(2)3/h8-11,14,25H,4-7,12-13H2,1-3H3,(H,21,24)/b11-9+. The zero-order chi connectivity index (χ0) is 18.2. The molecule has 2 N–H and O–H groups in total. The fourth-order valence-corrected chi connectivity index (χ4v) is 2.78. The number of likely N-dealkylation sites (N-methyl/N-ethyl adjacent to an activating group) is 1. The molecule has 0 aliphatic carbocycles. The van der Waals surface area contributed by atoms with Gasteiger partial charge >= 0.3 is 0 Å². The number of carbonyl (C=O) groups excluding carboxylic acids is 1. The number of nitrogens with zero attached hydrogens (tertiary/aromatic N) is 3. The average Bonchev–Trinajstić information content (AvgIpc) is 2.94. The molecular formula is C19H28N4O2. The summed E-state index contributed by atoms with van der Waals surface area (Å²) < 4.78 is 2.30. The third-order valence-corrected chi connectivity index (χ3v) is 4.16. The summed E-state index contributed by atoms with van der Waals surface area (Å²) in [5.41, 5.74) is 4.54. The average molecular weight is 344 g/mol. The topological polar surface area (TPSA) is 70.4 Å². The molecule has 0 saturated heterocycles. The van der Waals surface area contributed by atoms with E-state index < -0.39 is 5.91 Å². The fourth-order valence-electron chi connectivity index (χ4n) is 2.78. The lowest BCUT2D eigenvalue weighted by atomic mass is 10.2. The van der Waals surface area contributed by atoms with Crippen molar-refractivity contribution in [1.82, 2.24) is 19.9 Å². The van der Waals surface area contributed by atoms with Gasteiger partial charge in [0.05, 0.1) is 11.0 Å². The molecule has 25 heavy (non-hydrogen) atoms. The Hall–Kier alpha value is -2.18. The lowest BCUT2D eigenvalue weighted by molar-refractivity contribution is -0.124. The largest absolute Gasteiger partial charge is 0.327 e. The van der Waals surface area contributed by atoms with Crippen molar-refractivity contribution in [2.75, 3.05) is 20.6 Å². The summed E-state index contributed by atoms with van der Waals surface area (Å²) in [6, 6.07) is 6.00. The number of unbranched alkanes of at least 4 members (excludes halogenated alkanes) is 2. The Morgan fingerprint density at radius 2 is 2.16 bits per heavy atom. The van der Waals surface area contributed by atoms with Crippen LogP contribution in [0.1, 0.15) is 37.6 Å². The number of nitrogens with one attached hydrogen (secondary N) is 1. The molecule has 6 heteroatoms. The van der Waals surface area contributed by atoms with Gasteiger partial charge in [-0.1, -0.05) is 25.8 Å². The van der Waals surface area contributed by atoms with Gasteiger partial charge < -0.3 is 9.47 Å². The lowest BCUT2D eigenvalue weighted by Gasteiger charge is -2.13. The monoisotopic (exact) mass is 344 g/mol. The zero-order valence-electron chi connectivity index (χ0n) is 15.3. The fraction of sp³-hybridized carbons (Fsp3) is 0.474. The highest BCUT2D eigenvalue weighted by atomic mass is 16.5. The second-order valence-electron chi connectivity index (χ2n) is 6.50. The summed E-state index contributed by atoms with van der Waals surface area (Å²) in [6.07, 6.45) is 7.49. The Kier molecular flexibility index (Phi) is 7.16. The highest BCUT2D eigenvalue weighted by Gasteiger charge is 2.11. The van der Waals surface area contributed by atoms with Crippen LogP contribution in [0.4, 0.5) is 0 Å². The van der Waals surface area contributed by atoms with E-state index in [2.05, 4.69) is 36.6 Å². The Labute approximate surface area is 149 Å². The quantitative estimate of drug-likeness (QED) is 0.318. The van der Waals surface area contributed by atoms with Gasteiger partial charge in [-0.2, -0.15) is 0 Å². The molecule has 0 unspecified atom stereocenters. The number of aromatic nitrogens is 2. The van der Waals surface area contributed by atoms with Gasteiger partial charge in [0, 0.05) is 25.6 Å². The summed E-state index contributed by atoms with van der Waals surface area (Å²) in [5.74, 6) is 0.580. The van der Waals surface area contributed by atoms with Crippen LogP contribution in [-0.4, -0.2) is 46.2 Å². The number of rotatable bonds is 9. The number of hydroxylamine groups is 1. The second-order valence-corrected chi connectivity index (χ2v) is 6.50. The van der Waals surface area contributed by atoms with E-state index in [-0.39, 0.29) is 0 Å². The molecule has 1 heterocycles. The van der Waals surface area contributed by atoms with E-state index in [0.29, 0.717) is 0 Å². The maximum atomic E-state index is 11.1. The third-order valence-electron chi connectivity index (χ3n) is 4.16. The van der Waals surface area contributed by atoms with Gasteiger partial charge in [0.2, 0.25) is 0 Å². The number of hydrogen-bond acceptors (Lipinski definition) is 4. The molecule has 136 valence electrons. The molecule has 0 fully saturated rings. The number of benzene rings is 1. The van der Waals surface area contributed by atoms with Crippen molar-refractivity contribution in [2.45, 2.75) is 39.2 Å². The van der Waals surface area contributed by atoms with Crippen LogP contribution in [0.3, 0.4) is 0 Å². The second kappa shape index (κ2) is 9.34. The molecular weight excluding hydrogens is 316 g/mol. The summed E-state index contributed by atoms with van der Waals surface area (Å²) in [5, 5.41) is 8.56. The van der Waals surface area contributed by atoms with E-state index in [1.807, 2.05) is 12.1 Å². The zero-order valence-corrected chi connectivity index (χ0v) is 15.3. The van der Waals surface area contributed by atoms with Crippen LogP contribution in [0.15, 0.2) is 24.3 Å². The first-order chi connectivity index (χ1) is 12.0. The van der Waals surface area contributed by atoms with E-state index in [9.17, 15) is 4.79 Å². The van der Waals surface area contributed by atoms with Gasteiger partial charge in [-0.15, -0.1) is 0 Å². The molecule has 0 aliphatic heterocycles. The van der Waals surface area contributed by atoms with Gasteiger partial charge in [0.15, 0.2) is 0 Å². The number of amides is 1. The highest BCUT2D eigenvalue weighted by molar-refractivity contribution is 5.91. The van der Waals surface area contributed by atoms with Gasteiger partial charge in [0.1, 0.15) is 5.82 Å². The van der Waals surface area contributed by atoms with Crippen LogP contribution in [0.5, 0.6) is 0 Å². The van der Waals surface area contributed by atoms with Crippen LogP contribution in [0.25, 0.3) is 17.1 Å². The molecule has 0 saturated carbocycles. The van der Waals surface area contributed by atoms with E-state index in [0.717, 1.165) is 48.4 Å². The van der Waals surface area contributed by atoms with Crippen molar-refractivity contribution in [2.24, 2.45) is 0 Å². The number of aryl methyl sites for hydroxylation is 1. The van der Waals surface area contributed by atoms with Crippen LogP contribution in [0.2, 0.25) is 0 Å². The molecule has 2 rings (SSSR count). The molecule has 0 bridgehead atoms.